The zero-order chi connectivity index (χ0) is 21.1. The molecule has 0 unspecified atom stereocenters. The van der Waals surface area contributed by atoms with Gasteiger partial charge in [0.15, 0.2) is 5.76 Å². The zero-order valence-electron chi connectivity index (χ0n) is 17.0. The monoisotopic (exact) mass is 472 g/mol. The molecule has 2 aliphatic carbocycles. The fourth-order valence-electron chi connectivity index (χ4n) is 4.21. The van der Waals surface area contributed by atoms with Crippen molar-refractivity contribution in [2.24, 2.45) is 5.10 Å². The number of aromatic nitrogens is 1. The lowest BCUT2D eigenvalue weighted by atomic mass is 9.93. The molecular formula is C22H25BrN4O3. The normalized spacial score (nSPS) is 18.1. The first-order chi connectivity index (χ1) is 14.5. The molecule has 0 saturated heterocycles. The summed E-state index contributed by atoms with van der Waals surface area (Å²) in [6, 6.07) is 1.91. The molecule has 2 heterocycles. The van der Waals surface area contributed by atoms with Crippen molar-refractivity contribution in [2.75, 3.05) is 0 Å². The molecule has 7 nitrogen and oxygen atoms in total. The summed E-state index contributed by atoms with van der Waals surface area (Å²) in [7, 11) is 0. The Kier molecular flexibility index (Phi) is 6.32. The second-order valence-corrected chi connectivity index (χ2v) is 8.82. The van der Waals surface area contributed by atoms with E-state index in [1.54, 1.807) is 12.3 Å². The van der Waals surface area contributed by atoms with E-state index in [4.69, 9.17) is 4.42 Å². The van der Waals surface area contributed by atoms with E-state index in [1.807, 2.05) is 6.92 Å². The molecule has 2 amide bonds. The van der Waals surface area contributed by atoms with Gasteiger partial charge in [-0.1, -0.05) is 19.3 Å². The highest BCUT2D eigenvalue weighted by molar-refractivity contribution is 9.10. The molecule has 0 radical (unpaired) electrons. The highest BCUT2D eigenvalue weighted by Crippen LogP contribution is 2.30. The van der Waals surface area contributed by atoms with Crippen LogP contribution in [0.2, 0.25) is 0 Å². The van der Waals surface area contributed by atoms with Crippen LogP contribution in [0, 0.1) is 6.92 Å². The Morgan fingerprint density at radius 2 is 1.93 bits per heavy atom. The van der Waals surface area contributed by atoms with Crippen LogP contribution in [-0.4, -0.2) is 28.6 Å². The number of halogens is 1. The minimum absolute atomic E-state index is 0.155. The van der Waals surface area contributed by atoms with Gasteiger partial charge in [0, 0.05) is 40.5 Å². The number of hydrazone groups is 1. The van der Waals surface area contributed by atoms with Crippen LogP contribution >= 0.6 is 15.9 Å². The molecule has 0 bridgehead atoms. The number of pyridine rings is 1. The van der Waals surface area contributed by atoms with E-state index in [-0.39, 0.29) is 17.9 Å². The number of hydrogen-bond donors (Lipinski definition) is 2. The molecule has 0 atom stereocenters. The maximum Gasteiger partial charge on any atom is 0.287 e. The number of aryl methyl sites for hydroxylation is 1. The molecule has 1 saturated carbocycles. The van der Waals surface area contributed by atoms with Crippen LogP contribution in [0.25, 0.3) is 0 Å². The van der Waals surface area contributed by atoms with Gasteiger partial charge in [-0.2, -0.15) is 5.10 Å². The number of nitrogens with zero attached hydrogens (tertiary/aromatic N) is 2. The largest absolute Gasteiger partial charge is 0.455 e. The Labute approximate surface area is 183 Å². The second kappa shape index (κ2) is 9.12. The lowest BCUT2D eigenvalue weighted by Gasteiger charge is -2.22. The van der Waals surface area contributed by atoms with Gasteiger partial charge in [0.05, 0.1) is 11.3 Å². The Bertz CT molecular complexity index is 992. The first-order valence-corrected chi connectivity index (χ1v) is 11.2. The Balaban J connectivity index is 1.52. The first kappa shape index (κ1) is 20.8. The second-order valence-electron chi connectivity index (χ2n) is 7.91. The minimum atomic E-state index is -0.333. The van der Waals surface area contributed by atoms with Crippen molar-refractivity contribution in [1.82, 2.24) is 15.7 Å². The van der Waals surface area contributed by atoms with Crippen molar-refractivity contribution in [3.8, 4) is 0 Å². The van der Waals surface area contributed by atoms with Gasteiger partial charge in [0.2, 0.25) is 0 Å². The summed E-state index contributed by atoms with van der Waals surface area (Å²) in [4.78, 5) is 29.2. The van der Waals surface area contributed by atoms with E-state index in [2.05, 4.69) is 36.8 Å². The van der Waals surface area contributed by atoms with Gasteiger partial charge >= 0.3 is 0 Å². The molecule has 158 valence electrons. The fourth-order valence-corrected chi connectivity index (χ4v) is 4.58. The number of furan rings is 1. The average molecular weight is 473 g/mol. The summed E-state index contributed by atoms with van der Waals surface area (Å²) in [5.74, 6) is 0.643. The van der Waals surface area contributed by atoms with E-state index in [0.29, 0.717) is 17.7 Å². The maximum absolute atomic E-state index is 12.8. The van der Waals surface area contributed by atoms with Gasteiger partial charge in [0.1, 0.15) is 5.76 Å². The third-order valence-corrected chi connectivity index (χ3v) is 6.17. The molecular weight excluding hydrogens is 448 g/mol. The molecule has 4 rings (SSSR count). The van der Waals surface area contributed by atoms with Crippen LogP contribution in [0.5, 0.6) is 0 Å². The Morgan fingerprint density at radius 3 is 2.70 bits per heavy atom. The highest BCUT2D eigenvalue weighted by Gasteiger charge is 2.29. The van der Waals surface area contributed by atoms with Crippen LogP contribution in [0.4, 0.5) is 0 Å². The third-order valence-electron chi connectivity index (χ3n) is 5.73. The predicted octanol–water partition coefficient (Wildman–Crippen LogP) is 4.28. The van der Waals surface area contributed by atoms with Crippen molar-refractivity contribution in [3.05, 3.63) is 51.1 Å². The van der Waals surface area contributed by atoms with Gasteiger partial charge in [0.25, 0.3) is 11.8 Å². The maximum atomic E-state index is 12.8. The predicted molar refractivity (Wildman–Crippen MR) is 117 cm³/mol. The molecule has 2 aromatic rings. The van der Waals surface area contributed by atoms with Crippen molar-refractivity contribution < 1.29 is 14.0 Å². The zero-order valence-corrected chi connectivity index (χ0v) is 18.5. The van der Waals surface area contributed by atoms with Crippen molar-refractivity contribution in [3.63, 3.8) is 0 Å². The summed E-state index contributed by atoms with van der Waals surface area (Å²) in [5.41, 5.74) is 5.41. The molecule has 30 heavy (non-hydrogen) atoms. The summed E-state index contributed by atoms with van der Waals surface area (Å²) < 4.78 is 6.68. The molecule has 0 aromatic carbocycles. The Hall–Kier alpha value is -2.48. The highest BCUT2D eigenvalue weighted by atomic mass is 79.9. The topological polar surface area (TPSA) is 96.6 Å². The average Bonchev–Trinajstić information content (AvgIpc) is 3.10. The standard InChI is InChI=1S/C22H25BrN4O3/c1-13-19-17(26-27-21(28)14-10-15(23)12-24-11-14)8-5-9-18(19)30-20(13)22(29)25-16-6-3-2-4-7-16/h10-12,16H,2-9H2,1H3,(H,25,29)(H,27,28)/b26-17+. The number of carbonyl (C=O) groups is 2. The van der Waals surface area contributed by atoms with Gasteiger partial charge in [-0.05, 0) is 54.6 Å². The molecule has 0 spiro atoms. The van der Waals surface area contributed by atoms with Crippen LogP contribution in [-0.2, 0) is 6.42 Å². The number of fused-ring (bicyclic) bond motifs is 1. The molecule has 1 fully saturated rings. The van der Waals surface area contributed by atoms with E-state index in [0.717, 1.165) is 65.6 Å². The van der Waals surface area contributed by atoms with Gasteiger partial charge in [-0.25, -0.2) is 5.43 Å². The Morgan fingerprint density at radius 1 is 1.13 bits per heavy atom. The molecule has 8 heteroatoms. The summed E-state index contributed by atoms with van der Waals surface area (Å²) >= 11 is 3.31. The van der Waals surface area contributed by atoms with E-state index >= 15 is 0 Å². The van der Waals surface area contributed by atoms with Crippen molar-refractivity contribution in [1.29, 1.82) is 0 Å². The third kappa shape index (κ3) is 4.48. The lowest BCUT2D eigenvalue weighted by molar-refractivity contribution is 0.0896. The van der Waals surface area contributed by atoms with Crippen LogP contribution in [0.3, 0.4) is 0 Å². The fraction of sp³-hybridized carbons (Fsp3) is 0.455. The van der Waals surface area contributed by atoms with Crippen LogP contribution < -0.4 is 10.7 Å². The number of hydrogen-bond acceptors (Lipinski definition) is 5. The van der Waals surface area contributed by atoms with Gasteiger partial charge in [-0.3, -0.25) is 14.6 Å². The molecule has 2 aromatic heterocycles. The number of nitrogens with one attached hydrogen (secondary N) is 2. The van der Waals surface area contributed by atoms with E-state index < -0.39 is 0 Å². The van der Waals surface area contributed by atoms with E-state index in [1.165, 1.54) is 12.6 Å². The van der Waals surface area contributed by atoms with Crippen molar-refractivity contribution >= 4 is 33.5 Å². The summed E-state index contributed by atoms with van der Waals surface area (Å²) in [6.45, 7) is 1.89. The number of carbonyl (C=O) groups excluding carboxylic acids is 2. The summed E-state index contributed by atoms with van der Waals surface area (Å²) in [6.07, 6.45) is 11.0. The molecule has 2 aliphatic rings. The van der Waals surface area contributed by atoms with Gasteiger partial charge < -0.3 is 9.73 Å². The van der Waals surface area contributed by atoms with Crippen molar-refractivity contribution in [2.45, 2.75) is 64.3 Å². The summed E-state index contributed by atoms with van der Waals surface area (Å²) in [5, 5.41) is 7.49. The number of rotatable bonds is 4. The van der Waals surface area contributed by atoms with E-state index in [9.17, 15) is 9.59 Å². The van der Waals surface area contributed by atoms with Crippen LogP contribution in [0.15, 0.2) is 32.5 Å². The lowest BCUT2D eigenvalue weighted by Crippen LogP contribution is -2.36. The number of amides is 2. The first-order valence-electron chi connectivity index (χ1n) is 10.4. The quantitative estimate of drug-likeness (QED) is 0.648. The molecule has 2 N–H and O–H groups in total. The molecule has 0 aliphatic heterocycles. The van der Waals surface area contributed by atoms with Gasteiger partial charge in [-0.15, -0.1) is 0 Å². The van der Waals surface area contributed by atoms with Crippen LogP contribution in [0.1, 0.15) is 82.7 Å². The SMILES string of the molecule is Cc1c(C(=O)NC2CCCCC2)oc2c1/C(=N/NC(=O)c1cncc(Br)c1)CCC2. The minimum Gasteiger partial charge on any atom is -0.455 e. The smallest absolute Gasteiger partial charge is 0.287 e.